The molecule has 2 saturated heterocycles. The van der Waals surface area contributed by atoms with E-state index in [0.717, 1.165) is 13.2 Å². The molecule has 0 bridgehead atoms. The fourth-order valence-corrected chi connectivity index (χ4v) is 15.8. The average Bonchev–Trinajstić information content (AvgIpc) is 2.95. The summed E-state index contributed by atoms with van der Waals surface area (Å²) in [6.07, 6.45) is 0. The number of rotatable bonds is 6. The van der Waals surface area contributed by atoms with Gasteiger partial charge in [0.05, 0.1) is 24.7 Å². The second-order valence-corrected chi connectivity index (χ2v) is 18.6. The second kappa shape index (κ2) is 4.26. The van der Waals surface area contributed by atoms with Crippen molar-refractivity contribution in [3.05, 3.63) is 0 Å². The topological polar surface area (TPSA) is 43.5 Å². The van der Waals surface area contributed by atoms with Crippen LogP contribution in [0.1, 0.15) is 0 Å². The van der Waals surface area contributed by atoms with Gasteiger partial charge in [-0.15, -0.1) is 0 Å². The van der Waals surface area contributed by atoms with Gasteiger partial charge in [-0.1, -0.05) is 0 Å². The van der Waals surface area contributed by atoms with Crippen molar-refractivity contribution < 1.29 is 17.7 Å². The molecule has 17 heavy (non-hydrogen) atoms. The van der Waals surface area contributed by atoms with Crippen LogP contribution in [0.2, 0.25) is 39.3 Å². The third-order valence-corrected chi connectivity index (χ3v) is 15.1. The van der Waals surface area contributed by atoms with Crippen molar-refractivity contribution in [2.45, 2.75) is 50.7 Å². The average molecular weight is 293 g/mol. The molecule has 0 amide bonds. The highest BCUT2D eigenvalue weighted by molar-refractivity contribution is 6.88. The summed E-state index contributed by atoms with van der Waals surface area (Å²) in [5.41, 5.74) is 0.750. The molecule has 0 aliphatic carbocycles. The molecule has 2 aliphatic heterocycles. The minimum absolute atomic E-state index is 0.375. The minimum atomic E-state index is -2.06. The van der Waals surface area contributed by atoms with Gasteiger partial charge in [-0.25, -0.2) is 0 Å². The number of hydrogen-bond donors (Lipinski definition) is 0. The van der Waals surface area contributed by atoms with Crippen LogP contribution in [-0.4, -0.2) is 49.9 Å². The molecule has 0 aromatic carbocycles. The molecule has 0 radical (unpaired) electrons. The summed E-state index contributed by atoms with van der Waals surface area (Å²) >= 11 is 0. The molecule has 0 spiro atoms. The molecular formula is C10H24O4Si3. The molecule has 7 heteroatoms. The first kappa shape index (κ1) is 13.9. The maximum atomic E-state index is 6.37. The van der Waals surface area contributed by atoms with Gasteiger partial charge in [-0.2, -0.15) is 0 Å². The van der Waals surface area contributed by atoms with Crippen LogP contribution in [0.15, 0.2) is 0 Å². The van der Waals surface area contributed by atoms with Gasteiger partial charge in [-0.3, -0.25) is 0 Å². The van der Waals surface area contributed by atoms with Gasteiger partial charge in [0, 0.05) is 0 Å². The van der Waals surface area contributed by atoms with Crippen molar-refractivity contribution in [3.63, 3.8) is 0 Å². The summed E-state index contributed by atoms with van der Waals surface area (Å²) < 4.78 is 23.5. The monoisotopic (exact) mass is 292 g/mol. The Morgan fingerprint density at radius 3 is 1.29 bits per heavy atom. The van der Waals surface area contributed by atoms with Crippen molar-refractivity contribution in [1.29, 1.82) is 0 Å². The van der Waals surface area contributed by atoms with E-state index in [1.54, 1.807) is 0 Å². The van der Waals surface area contributed by atoms with Gasteiger partial charge in [0.25, 0.3) is 0 Å². The van der Waals surface area contributed by atoms with Gasteiger partial charge in [0.1, 0.15) is 0 Å². The Bertz CT molecular complexity index is 270. The predicted molar refractivity (Wildman–Crippen MR) is 74.1 cm³/mol. The van der Waals surface area contributed by atoms with E-state index in [9.17, 15) is 0 Å². The van der Waals surface area contributed by atoms with E-state index in [2.05, 4.69) is 39.3 Å². The lowest BCUT2D eigenvalue weighted by molar-refractivity contribution is 0.354. The third kappa shape index (κ3) is 3.72. The molecule has 2 unspecified atom stereocenters. The molecular weight excluding hydrogens is 268 g/mol. The van der Waals surface area contributed by atoms with Crippen molar-refractivity contribution in [2.75, 3.05) is 13.2 Å². The summed E-state index contributed by atoms with van der Waals surface area (Å²) in [5, 5.41) is 0. The molecule has 4 nitrogen and oxygen atoms in total. The first-order valence-electron chi connectivity index (χ1n) is 6.26. The molecule has 0 aromatic rings. The lowest BCUT2D eigenvalue weighted by Gasteiger charge is -2.37. The minimum Gasteiger partial charge on any atom is -0.434 e. The first-order valence-corrected chi connectivity index (χ1v) is 15.0. The van der Waals surface area contributed by atoms with E-state index in [1.807, 2.05) is 0 Å². The molecule has 0 aromatic heterocycles. The van der Waals surface area contributed by atoms with Crippen LogP contribution < -0.4 is 0 Å². The van der Waals surface area contributed by atoms with Gasteiger partial charge in [-0.05, 0) is 39.3 Å². The SMILES string of the molecule is C[Si](C)(O[Si](C)(C)C1CO1)O[Si](C)(C)C1CO1. The molecule has 0 saturated carbocycles. The van der Waals surface area contributed by atoms with E-state index in [1.165, 1.54) is 0 Å². The Kier molecular flexibility index (Phi) is 3.48. The highest BCUT2D eigenvalue weighted by atomic mass is 28.5. The molecule has 2 aliphatic rings. The van der Waals surface area contributed by atoms with E-state index in [0.29, 0.717) is 11.5 Å². The fourth-order valence-electron chi connectivity index (χ4n) is 2.32. The summed E-state index contributed by atoms with van der Waals surface area (Å²) in [5.74, 6) is 0. The molecule has 2 rings (SSSR count). The van der Waals surface area contributed by atoms with E-state index in [4.69, 9.17) is 17.7 Å². The summed E-state index contributed by atoms with van der Waals surface area (Å²) in [6, 6.07) is 0. The maximum Gasteiger partial charge on any atom is 0.311 e. The van der Waals surface area contributed by atoms with Gasteiger partial charge < -0.3 is 17.7 Å². The van der Waals surface area contributed by atoms with Crippen LogP contribution in [0.5, 0.6) is 0 Å². The van der Waals surface area contributed by atoms with E-state index in [-0.39, 0.29) is 0 Å². The fraction of sp³-hybridized carbons (Fsp3) is 1.00. The molecule has 2 heterocycles. The third-order valence-electron chi connectivity index (χ3n) is 3.24. The standard InChI is InChI=1S/C10H24O4Si3/c1-15(2,9-7-11-9)13-17(5,6)14-16(3,4)10-8-12-10/h9-10H,7-8H2,1-6H3. The van der Waals surface area contributed by atoms with Crippen molar-refractivity contribution in [1.82, 2.24) is 0 Å². The van der Waals surface area contributed by atoms with Crippen LogP contribution in [-0.2, 0) is 17.7 Å². The molecule has 2 atom stereocenters. The second-order valence-electron chi connectivity index (χ2n) is 6.45. The van der Waals surface area contributed by atoms with Gasteiger partial charge >= 0.3 is 8.56 Å². The van der Waals surface area contributed by atoms with Crippen LogP contribution in [0, 0.1) is 0 Å². The smallest absolute Gasteiger partial charge is 0.311 e. The highest BCUT2D eigenvalue weighted by Gasteiger charge is 2.51. The van der Waals surface area contributed by atoms with E-state index >= 15 is 0 Å². The summed E-state index contributed by atoms with van der Waals surface area (Å²) in [4.78, 5) is 0. The molecule has 0 N–H and O–H groups in total. The van der Waals surface area contributed by atoms with Gasteiger partial charge in [0.15, 0.2) is 0 Å². The number of epoxide rings is 2. The normalized spacial score (nSPS) is 29.3. The summed E-state index contributed by atoms with van der Waals surface area (Å²) in [7, 11) is -5.50. The highest BCUT2D eigenvalue weighted by Crippen LogP contribution is 2.31. The quantitative estimate of drug-likeness (QED) is 0.555. The van der Waals surface area contributed by atoms with Crippen LogP contribution in [0.4, 0.5) is 0 Å². The Labute approximate surface area is 107 Å². The van der Waals surface area contributed by atoms with Crippen molar-refractivity contribution >= 4 is 25.2 Å². The zero-order valence-electron chi connectivity index (χ0n) is 11.7. The zero-order chi connectivity index (χ0) is 12.9. The lowest BCUT2D eigenvalue weighted by atomic mass is 11.0. The van der Waals surface area contributed by atoms with Gasteiger partial charge in [0.2, 0.25) is 16.6 Å². The maximum absolute atomic E-state index is 6.37. The van der Waals surface area contributed by atoms with Crippen LogP contribution in [0.3, 0.4) is 0 Å². The first-order chi connectivity index (χ1) is 7.62. The number of ether oxygens (including phenoxy) is 2. The van der Waals surface area contributed by atoms with Crippen LogP contribution >= 0.6 is 0 Å². The van der Waals surface area contributed by atoms with Crippen molar-refractivity contribution in [2.24, 2.45) is 0 Å². The van der Waals surface area contributed by atoms with Crippen LogP contribution in [0.25, 0.3) is 0 Å². The summed E-state index contributed by atoms with van der Waals surface area (Å²) in [6.45, 7) is 15.0. The Hall–Kier alpha value is 0.491. The van der Waals surface area contributed by atoms with Crippen molar-refractivity contribution in [3.8, 4) is 0 Å². The largest absolute Gasteiger partial charge is 0.434 e. The van der Waals surface area contributed by atoms with E-state index < -0.39 is 25.2 Å². The predicted octanol–water partition coefficient (Wildman–Crippen LogP) is 2.01. The molecule has 2 fully saturated rings. The zero-order valence-corrected chi connectivity index (χ0v) is 14.7. The Balaban J connectivity index is 1.93. The Morgan fingerprint density at radius 2 is 1.06 bits per heavy atom. The lowest BCUT2D eigenvalue weighted by Crippen LogP contribution is -2.56. The Morgan fingerprint density at radius 1 is 0.765 bits per heavy atom. The molecule has 100 valence electrons. The number of hydrogen-bond acceptors (Lipinski definition) is 4.